The van der Waals surface area contributed by atoms with Crippen LogP contribution in [0.5, 0.6) is 0 Å². The lowest BCUT2D eigenvalue weighted by atomic mass is 10.0. The summed E-state index contributed by atoms with van der Waals surface area (Å²) in [6, 6.07) is -0.886. The number of quaternary nitrogens is 1. The average Bonchev–Trinajstić information content (AvgIpc) is 3.35. The molecule has 0 saturated heterocycles. The number of rotatable bonds is 58. The minimum absolute atomic E-state index is 0.0205. The van der Waals surface area contributed by atoms with Crippen molar-refractivity contribution < 1.29 is 37.3 Å². The highest BCUT2D eigenvalue weighted by atomic mass is 31.2. The molecule has 0 aromatic rings. The lowest BCUT2D eigenvalue weighted by Crippen LogP contribution is -2.47. The SMILES string of the molecule is CCCC/C=C\CCCCCCCC(=O)NC(COP(=O)([O-])OCC[N+](C)(C)C)C(/C=C\CCCCCCCCCCCCC)OC(=O)CCCCCCCCCCCCCCCCCCCCCCCCC. The summed E-state index contributed by atoms with van der Waals surface area (Å²) in [6.45, 7) is 6.84. The zero-order valence-electron chi connectivity index (χ0n) is 49.4. The molecule has 9 nitrogen and oxygen atoms in total. The van der Waals surface area contributed by atoms with E-state index in [0.717, 1.165) is 83.5 Å². The van der Waals surface area contributed by atoms with Crippen LogP contribution in [0.1, 0.15) is 316 Å². The lowest BCUT2D eigenvalue weighted by molar-refractivity contribution is -0.870. The molecule has 0 rings (SSSR count). The maximum absolute atomic E-state index is 13.5. The van der Waals surface area contributed by atoms with Gasteiger partial charge in [-0.25, -0.2) is 0 Å². The molecule has 0 heterocycles. The molecule has 1 amide bonds. The van der Waals surface area contributed by atoms with Gasteiger partial charge in [-0.15, -0.1) is 0 Å². The molecule has 0 bridgehead atoms. The van der Waals surface area contributed by atoms with Crippen molar-refractivity contribution >= 4 is 19.7 Å². The van der Waals surface area contributed by atoms with Crippen molar-refractivity contribution in [2.24, 2.45) is 0 Å². The summed E-state index contributed by atoms with van der Waals surface area (Å²) in [7, 11) is 1.19. The van der Waals surface area contributed by atoms with Crippen LogP contribution in [0.3, 0.4) is 0 Å². The van der Waals surface area contributed by atoms with E-state index in [1.165, 1.54) is 199 Å². The molecule has 0 aromatic carbocycles. The Hall–Kier alpha value is -1.51. The van der Waals surface area contributed by atoms with Gasteiger partial charge >= 0.3 is 5.97 Å². The van der Waals surface area contributed by atoms with Gasteiger partial charge in [0, 0.05) is 12.8 Å². The second kappa shape index (κ2) is 53.9. The molecule has 0 aliphatic rings. The molecule has 0 aliphatic heterocycles. The minimum atomic E-state index is -4.69. The molecule has 3 atom stereocenters. The minimum Gasteiger partial charge on any atom is -0.756 e. The van der Waals surface area contributed by atoms with Crippen molar-refractivity contribution in [2.75, 3.05) is 40.9 Å². The Morgan fingerprint density at radius 2 is 0.808 bits per heavy atom. The van der Waals surface area contributed by atoms with E-state index in [1.807, 2.05) is 33.3 Å². The zero-order chi connectivity index (χ0) is 53.6. The topological polar surface area (TPSA) is 114 Å². The Balaban J connectivity index is 5.09. The number of hydrogen-bond acceptors (Lipinski definition) is 7. The number of unbranched alkanes of at least 4 members (excludes halogenated alkanes) is 40. The molecule has 0 aliphatic carbocycles. The summed E-state index contributed by atoms with van der Waals surface area (Å²) in [5, 5.41) is 3.02. The number of nitrogens with one attached hydrogen (secondary N) is 1. The van der Waals surface area contributed by atoms with Crippen molar-refractivity contribution in [3.05, 3.63) is 24.3 Å². The summed E-state index contributed by atoms with van der Waals surface area (Å²) < 4.78 is 30.3. The number of nitrogens with zero attached hydrogens (tertiary/aromatic N) is 1. The standard InChI is InChI=1S/C63H123N2O7P/c1-7-10-13-16-19-22-25-27-28-29-30-31-32-33-34-35-36-38-41-44-47-50-53-56-63(67)72-61(54-51-48-45-42-40-37-26-23-20-17-14-11-8-2)60(59-71-73(68,69)70-58-57-65(4,5)6)64-62(66)55-52-49-46-43-39-24-21-18-15-12-9-3/h18,21,51,54,60-61H,7-17,19-20,22-50,52-53,55-59H2,1-6H3,(H-,64,66,68,69)/b21-18-,54-51-. The molecular formula is C63H123N2O7P. The maximum atomic E-state index is 13.5. The van der Waals surface area contributed by atoms with Crippen LogP contribution in [0.15, 0.2) is 24.3 Å². The first kappa shape index (κ1) is 71.5. The van der Waals surface area contributed by atoms with Gasteiger partial charge in [0.25, 0.3) is 7.82 Å². The molecule has 0 spiro atoms. The van der Waals surface area contributed by atoms with Gasteiger partial charge in [-0.3, -0.25) is 14.2 Å². The van der Waals surface area contributed by atoms with Gasteiger partial charge in [-0.2, -0.15) is 0 Å². The molecule has 0 radical (unpaired) electrons. The Morgan fingerprint density at radius 3 is 1.21 bits per heavy atom. The average molecular weight is 1050 g/mol. The molecule has 3 unspecified atom stereocenters. The number of likely N-dealkylation sites (N-methyl/N-ethyl adjacent to an activating group) is 1. The molecule has 0 aromatic heterocycles. The van der Waals surface area contributed by atoms with Crippen LogP contribution in [0.25, 0.3) is 0 Å². The summed E-state index contributed by atoms with van der Waals surface area (Å²) in [5.74, 6) is -0.537. The first-order chi connectivity index (χ1) is 35.4. The summed E-state index contributed by atoms with van der Waals surface area (Å²) in [5.41, 5.74) is 0. The van der Waals surface area contributed by atoms with Crippen molar-refractivity contribution in [1.29, 1.82) is 0 Å². The molecule has 0 saturated carbocycles. The fourth-order valence-electron chi connectivity index (χ4n) is 9.45. The van der Waals surface area contributed by atoms with Gasteiger partial charge in [0.05, 0.1) is 33.8 Å². The number of esters is 1. The Morgan fingerprint density at radius 1 is 0.466 bits per heavy atom. The van der Waals surface area contributed by atoms with Crippen LogP contribution in [0.2, 0.25) is 0 Å². The van der Waals surface area contributed by atoms with E-state index in [0.29, 0.717) is 17.4 Å². The first-order valence-electron chi connectivity index (χ1n) is 31.6. The fourth-order valence-corrected chi connectivity index (χ4v) is 10.2. The van der Waals surface area contributed by atoms with Gasteiger partial charge in [0.2, 0.25) is 5.91 Å². The van der Waals surface area contributed by atoms with Gasteiger partial charge in [0.15, 0.2) is 0 Å². The molecule has 1 N–H and O–H groups in total. The summed E-state index contributed by atoms with van der Waals surface area (Å²) in [6.07, 6.45) is 63.0. The molecule has 0 fully saturated rings. The highest BCUT2D eigenvalue weighted by Gasteiger charge is 2.27. The molecular weight excluding hydrogens is 928 g/mol. The van der Waals surface area contributed by atoms with Crippen molar-refractivity contribution in [2.45, 2.75) is 328 Å². The number of phosphoric acid groups is 1. The zero-order valence-corrected chi connectivity index (χ0v) is 50.3. The van der Waals surface area contributed by atoms with Gasteiger partial charge in [-0.05, 0) is 51.0 Å². The predicted molar refractivity (Wildman–Crippen MR) is 312 cm³/mol. The molecule has 10 heteroatoms. The number of carbonyl (C=O) groups excluding carboxylic acids is 2. The Bertz CT molecular complexity index is 1300. The fraction of sp³-hybridized carbons (Fsp3) is 0.905. The Kier molecular flexibility index (Phi) is 52.8. The van der Waals surface area contributed by atoms with E-state index >= 15 is 0 Å². The van der Waals surface area contributed by atoms with E-state index in [9.17, 15) is 19.0 Å². The second-order valence-electron chi connectivity index (χ2n) is 22.9. The molecule has 73 heavy (non-hydrogen) atoms. The first-order valence-corrected chi connectivity index (χ1v) is 33.1. The number of allylic oxidation sites excluding steroid dienone is 3. The van der Waals surface area contributed by atoms with E-state index in [4.69, 9.17) is 13.8 Å². The number of amides is 1. The largest absolute Gasteiger partial charge is 0.756 e. The van der Waals surface area contributed by atoms with E-state index in [-0.39, 0.29) is 31.5 Å². The third kappa shape index (κ3) is 55.1. The van der Waals surface area contributed by atoms with Crippen LogP contribution in [-0.2, 0) is 27.9 Å². The number of ether oxygens (including phenoxy) is 1. The van der Waals surface area contributed by atoms with Crippen molar-refractivity contribution in [3.63, 3.8) is 0 Å². The number of carbonyl (C=O) groups is 2. The highest BCUT2D eigenvalue weighted by Crippen LogP contribution is 2.38. The van der Waals surface area contributed by atoms with Crippen LogP contribution in [0, 0.1) is 0 Å². The van der Waals surface area contributed by atoms with E-state index in [2.05, 4.69) is 38.2 Å². The molecule has 432 valence electrons. The van der Waals surface area contributed by atoms with Crippen LogP contribution in [0.4, 0.5) is 0 Å². The Labute approximate surface area is 454 Å². The third-order valence-electron chi connectivity index (χ3n) is 14.4. The van der Waals surface area contributed by atoms with Crippen LogP contribution in [-0.4, -0.2) is 69.4 Å². The van der Waals surface area contributed by atoms with Crippen LogP contribution >= 0.6 is 7.82 Å². The smallest absolute Gasteiger partial charge is 0.306 e. The maximum Gasteiger partial charge on any atom is 0.306 e. The van der Waals surface area contributed by atoms with E-state index in [1.54, 1.807) is 0 Å². The van der Waals surface area contributed by atoms with Gasteiger partial charge in [0.1, 0.15) is 19.3 Å². The highest BCUT2D eigenvalue weighted by molar-refractivity contribution is 7.45. The quantitative estimate of drug-likeness (QED) is 0.0212. The van der Waals surface area contributed by atoms with Gasteiger partial charge < -0.3 is 28.5 Å². The van der Waals surface area contributed by atoms with Crippen molar-refractivity contribution in [1.82, 2.24) is 5.32 Å². The lowest BCUT2D eigenvalue weighted by Gasteiger charge is -2.30. The normalized spacial score (nSPS) is 13.8. The number of phosphoric ester groups is 1. The monoisotopic (exact) mass is 1050 g/mol. The summed E-state index contributed by atoms with van der Waals surface area (Å²) >= 11 is 0. The third-order valence-corrected chi connectivity index (χ3v) is 15.3. The predicted octanol–water partition coefficient (Wildman–Crippen LogP) is 18.7. The summed E-state index contributed by atoms with van der Waals surface area (Å²) in [4.78, 5) is 39.9. The van der Waals surface area contributed by atoms with E-state index < -0.39 is 20.0 Å². The second-order valence-corrected chi connectivity index (χ2v) is 24.3. The number of hydrogen-bond donors (Lipinski definition) is 1. The van der Waals surface area contributed by atoms with Gasteiger partial charge in [-0.1, -0.05) is 277 Å². The van der Waals surface area contributed by atoms with Crippen LogP contribution < -0.4 is 10.2 Å². The van der Waals surface area contributed by atoms with Crippen molar-refractivity contribution in [3.8, 4) is 0 Å².